The van der Waals surface area contributed by atoms with Crippen LogP contribution in [0.3, 0.4) is 0 Å². The molecule has 0 fully saturated rings. The highest BCUT2D eigenvalue weighted by Gasteiger charge is 1.99. The zero-order valence-electron chi connectivity index (χ0n) is 6.57. The average Bonchev–Trinajstić information content (AvgIpc) is 2.06. The zero-order chi connectivity index (χ0) is 9.42. The molecule has 0 atom stereocenters. The summed E-state index contributed by atoms with van der Waals surface area (Å²) < 4.78 is 13.8. The van der Waals surface area contributed by atoms with Crippen molar-refractivity contribution < 1.29 is 4.39 Å². The Kier molecular flexibility index (Phi) is 1.51. The minimum atomic E-state index is -0.485. The van der Waals surface area contributed by atoms with Crippen LogP contribution in [0.4, 0.5) is 10.2 Å². The Labute approximate surface area is 72.4 Å². The number of rotatable bonds is 0. The van der Waals surface area contributed by atoms with Gasteiger partial charge in [-0.1, -0.05) is 0 Å². The second-order valence-electron chi connectivity index (χ2n) is 2.59. The number of aromatic nitrogens is 2. The Bertz CT molecular complexity index is 520. The monoisotopic (exact) mass is 179 g/mol. The van der Waals surface area contributed by atoms with Gasteiger partial charge < -0.3 is 5.73 Å². The van der Waals surface area contributed by atoms with Crippen molar-refractivity contribution in [1.82, 2.24) is 9.38 Å². The fraction of sp³-hybridized carbons (Fsp3) is 0. The van der Waals surface area contributed by atoms with E-state index in [0.29, 0.717) is 5.65 Å². The van der Waals surface area contributed by atoms with Crippen LogP contribution in [0.25, 0.3) is 5.65 Å². The Morgan fingerprint density at radius 2 is 2.23 bits per heavy atom. The summed E-state index contributed by atoms with van der Waals surface area (Å²) in [6.07, 6.45) is 1.07. The number of nitrogen functional groups attached to an aromatic ring is 1. The van der Waals surface area contributed by atoms with E-state index in [2.05, 4.69) is 4.98 Å². The second-order valence-corrected chi connectivity index (χ2v) is 2.59. The number of nitrogens with two attached hydrogens (primary N) is 1. The largest absolute Gasteiger partial charge is 0.383 e. The lowest BCUT2D eigenvalue weighted by molar-refractivity contribution is 0.617. The number of fused-ring (bicyclic) bond motifs is 1. The molecule has 2 aromatic rings. The molecular formula is C8H6FN3O. The van der Waals surface area contributed by atoms with Crippen molar-refractivity contribution in [1.29, 1.82) is 0 Å². The molecule has 0 spiro atoms. The molecule has 0 saturated heterocycles. The van der Waals surface area contributed by atoms with Crippen LogP contribution in [-0.4, -0.2) is 9.38 Å². The lowest BCUT2D eigenvalue weighted by Crippen LogP contribution is -2.15. The van der Waals surface area contributed by atoms with E-state index in [-0.39, 0.29) is 11.4 Å². The molecule has 66 valence electrons. The van der Waals surface area contributed by atoms with Crippen molar-refractivity contribution in [2.45, 2.75) is 0 Å². The number of hydrogen-bond donors (Lipinski definition) is 1. The number of anilines is 1. The zero-order valence-corrected chi connectivity index (χ0v) is 6.57. The normalized spacial score (nSPS) is 10.5. The highest BCUT2D eigenvalue weighted by atomic mass is 19.1. The highest BCUT2D eigenvalue weighted by Crippen LogP contribution is 2.01. The highest BCUT2D eigenvalue weighted by molar-refractivity contribution is 5.43. The third-order valence-corrected chi connectivity index (χ3v) is 1.64. The number of nitrogens with zero attached hydrogens (tertiary/aromatic N) is 2. The van der Waals surface area contributed by atoms with Crippen molar-refractivity contribution in [3.8, 4) is 0 Å². The average molecular weight is 179 g/mol. The van der Waals surface area contributed by atoms with E-state index in [1.807, 2.05) is 0 Å². The first-order chi connectivity index (χ1) is 6.16. The fourth-order valence-electron chi connectivity index (χ4n) is 1.10. The van der Waals surface area contributed by atoms with Crippen molar-refractivity contribution in [2.24, 2.45) is 0 Å². The van der Waals surface area contributed by atoms with Gasteiger partial charge in [0.1, 0.15) is 17.3 Å². The molecule has 0 aliphatic heterocycles. The molecule has 0 radical (unpaired) electrons. The summed E-state index contributed by atoms with van der Waals surface area (Å²) in [5, 5.41) is 0. The Morgan fingerprint density at radius 3 is 3.00 bits per heavy atom. The summed E-state index contributed by atoms with van der Waals surface area (Å²) in [4.78, 5) is 15.1. The van der Waals surface area contributed by atoms with E-state index in [4.69, 9.17) is 5.73 Å². The van der Waals surface area contributed by atoms with Crippen LogP contribution in [0.2, 0.25) is 0 Å². The van der Waals surface area contributed by atoms with Gasteiger partial charge in [0.15, 0.2) is 0 Å². The smallest absolute Gasteiger partial charge is 0.260 e. The SMILES string of the molecule is Nc1cc(=O)n2cc(F)ccc2n1. The van der Waals surface area contributed by atoms with Gasteiger partial charge in [-0.15, -0.1) is 0 Å². The van der Waals surface area contributed by atoms with Gasteiger partial charge in [0, 0.05) is 12.3 Å². The molecular weight excluding hydrogens is 173 g/mol. The molecule has 2 N–H and O–H groups in total. The van der Waals surface area contributed by atoms with E-state index < -0.39 is 5.82 Å². The Hall–Kier alpha value is -1.91. The van der Waals surface area contributed by atoms with Crippen LogP contribution >= 0.6 is 0 Å². The van der Waals surface area contributed by atoms with Crippen LogP contribution in [0.15, 0.2) is 29.2 Å². The van der Waals surface area contributed by atoms with Crippen molar-refractivity contribution in [3.05, 3.63) is 40.6 Å². The predicted octanol–water partition coefficient (Wildman–Crippen LogP) is 0.416. The molecule has 0 bridgehead atoms. The minimum Gasteiger partial charge on any atom is -0.383 e. The van der Waals surface area contributed by atoms with Gasteiger partial charge >= 0.3 is 0 Å². The molecule has 13 heavy (non-hydrogen) atoms. The van der Waals surface area contributed by atoms with Gasteiger partial charge in [-0.3, -0.25) is 9.20 Å². The third-order valence-electron chi connectivity index (χ3n) is 1.64. The topological polar surface area (TPSA) is 60.4 Å². The molecule has 4 nitrogen and oxygen atoms in total. The first-order valence-electron chi connectivity index (χ1n) is 3.61. The molecule has 0 aliphatic rings. The molecule has 0 amide bonds. The third kappa shape index (κ3) is 1.24. The van der Waals surface area contributed by atoms with E-state index in [9.17, 15) is 9.18 Å². The summed E-state index contributed by atoms with van der Waals surface area (Å²) in [6, 6.07) is 3.76. The maximum atomic E-state index is 12.7. The van der Waals surface area contributed by atoms with Gasteiger partial charge in [0.05, 0.1) is 0 Å². The lowest BCUT2D eigenvalue weighted by Gasteiger charge is -1.99. The summed E-state index contributed by atoms with van der Waals surface area (Å²) in [5.74, 6) is -0.349. The van der Waals surface area contributed by atoms with Crippen LogP contribution < -0.4 is 11.3 Å². The van der Waals surface area contributed by atoms with Crippen LogP contribution in [0.1, 0.15) is 0 Å². The van der Waals surface area contributed by atoms with Crippen molar-refractivity contribution in [2.75, 3.05) is 5.73 Å². The molecule has 0 aliphatic carbocycles. The van der Waals surface area contributed by atoms with E-state index >= 15 is 0 Å². The van der Waals surface area contributed by atoms with Crippen LogP contribution in [0, 0.1) is 5.82 Å². The molecule has 2 heterocycles. The summed E-state index contributed by atoms with van der Waals surface area (Å²) in [5.41, 5.74) is 5.30. The molecule has 5 heteroatoms. The maximum Gasteiger partial charge on any atom is 0.260 e. The van der Waals surface area contributed by atoms with Crippen LogP contribution in [-0.2, 0) is 0 Å². The van der Waals surface area contributed by atoms with Gasteiger partial charge in [0.2, 0.25) is 0 Å². The second kappa shape index (κ2) is 2.55. The molecule has 2 aromatic heterocycles. The maximum absolute atomic E-state index is 12.7. The van der Waals surface area contributed by atoms with Gasteiger partial charge in [-0.2, -0.15) is 0 Å². The first-order valence-corrected chi connectivity index (χ1v) is 3.61. The van der Waals surface area contributed by atoms with E-state index in [1.54, 1.807) is 0 Å². The Morgan fingerprint density at radius 1 is 1.46 bits per heavy atom. The minimum absolute atomic E-state index is 0.136. The predicted molar refractivity (Wildman–Crippen MR) is 45.8 cm³/mol. The quantitative estimate of drug-likeness (QED) is 0.637. The molecule has 0 saturated carbocycles. The van der Waals surface area contributed by atoms with Crippen molar-refractivity contribution >= 4 is 11.5 Å². The first kappa shape index (κ1) is 7.72. The standard InChI is InChI=1S/C8H6FN3O/c9-5-1-2-7-11-6(10)3-8(13)12(7)4-5/h1-4H,10H2. The van der Waals surface area contributed by atoms with E-state index in [1.165, 1.54) is 12.1 Å². The van der Waals surface area contributed by atoms with Crippen molar-refractivity contribution in [3.63, 3.8) is 0 Å². The number of hydrogen-bond acceptors (Lipinski definition) is 3. The molecule has 0 unspecified atom stereocenters. The number of halogens is 1. The Balaban J connectivity index is 2.95. The van der Waals surface area contributed by atoms with Crippen LogP contribution in [0.5, 0.6) is 0 Å². The summed E-state index contributed by atoms with van der Waals surface area (Å²) in [7, 11) is 0. The number of pyridine rings is 1. The van der Waals surface area contributed by atoms with Gasteiger partial charge in [-0.05, 0) is 12.1 Å². The van der Waals surface area contributed by atoms with Gasteiger partial charge in [0.25, 0.3) is 5.56 Å². The lowest BCUT2D eigenvalue weighted by atomic mass is 10.4. The molecule has 0 aromatic carbocycles. The fourth-order valence-corrected chi connectivity index (χ4v) is 1.10. The summed E-state index contributed by atoms with van der Waals surface area (Å²) in [6.45, 7) is 0. The van der Waals surface area contributed by atoms with E-state index in [0.717, 1.165) is 16.7 Å². The molecule has 2 rings (SSSR count). The summed E-state index contributed by atoms with van der Waals surface area (Å²) >= 11 is 0. The van der Waals surface area contributed by atoms with Gasteiger partial charge in [-0.25, -0.2) is 9.37 Å².